The van der Waals surface area contributed by atoms with Gasteiger partial charge < -0.3 is 14.8 Å². The molecule has 98 valence electrons. The summed E-state index contributed by atoms with van der Waals surface area (Å²) in [6.45, 7) is 1.95. The van der Waals surface area contributed by atoms with E-state index in [1.54, 1.807) is 24.3 Å². The van der Waals surface area contributed by atoms with Gasteiger partial charge in [-0.05, 0) is 0 Å². The minimum Gasteiger partial charge on any atom is -0.372 e. The zero-order valence-corrected chi connectivity index (χ0v) is 10.6. The summed E-state index contributed by atoms with van der Waals surface area (Å²) in [5, 5.41) is 2.87. The second-order valence-corrected chi connectivity index (χ2v) is 4.30. The van der Waals surface area contributed by atoms with Crippen molar-refractivity contribution in [2.75, 3.05) is 18.9 Å². The molecule has 3 heterocycles. The molecule has 1 N–H and O–H groups in total. The molecule has 7 nitrogen and oxygen atoms in total. The minimum atomic E-state index is -0.107. The number of hydrogen-bond donors (Lipinski definition) is 1. The fourth-order valence-corrected chi connectivity index (χ4v) is 2.08. The number of rotatable bonds is 2. The number of carbonyl (C=O) groups is 1. The van der Waals surface area contributed by atoms with E-state index in [9.17, 15) is 4.79 Å². The highest BCUT2D eigenvalue weighted by atomic mass is 16.2. The number of amides is 1. The number of hydrogen-bond acceptors (Lipinski definition) is 5. The van der Waals surface area contributed by atoms with E-state index in [1.165, 1.54) is 6.20 Å². The molecule has 0 aromatic carbocycles. The highest BCUT2D eigenvalue weighted by Gasteiger charge is 2.23. The molecule has 19 heavy (non-hydrogen) atoms. The molecule has 0 saturated carbocycles. The van der Waals surface area contributed by atoms with E-state index in [-0.39, 0.29) is 5.91 Å². The van der Waals surface area contributed by atoms with E-state index < -0.39 is 0 Å². The molecule has 2 aromatic rings. The van der Waals surface area contributed by atoms with Gasteiger partial charge in [0, 0.05) is 32.5 Å². The number of anilines is 1. The van der Waals surface area contributed by atoms with Crippen molar-refractivity contribution >= 4 is 11.7 Å². The Bertz CT molecular complexity index is 591. The van der Waals surface area contributed by atoms with Gasteiger partial charge in [-0.3, -0.25) is 4.79 Å². The average Bonchev–Trinajstić information content (AvgIpc) is 2.94. The Hall–Kier alpha value is -2.44. The maximum atomic E-state index is 12.3. The third-order valence-corrected chi connectivity index (χ3v) is 3.16. The van der Waals surface area contributed by atoms with Crippen molar-refractivity contribution in [3.05, 3.63) is 36.3 Å². The fraction of sp³-hybridized carbons (Fsp3) is 0.333. The molecule has 1 aliphatic rings. The molecule has 0 saturated heterocycles. The third-order valence-electron chi connectivity index (χ3n) is 3.16. The zero-order chi connectivity index (χ0) is 13.2. The maximum absolute atomic E-state index is 12.3. The lowest BCUT2D eigenvalue weighted by Gasteiger charge is -2.27. The van der Waals surface area contributed by atoms with E-state index in [1.807, 2.05) is 6.20 Å². The van der Waals surface area contributed by atoms with Crippen molar-refractivity contribution in [2.45, 2.75) is 13.1 Å². The monoisotopic (exact) mass is 258 g/mol. The number of imidazole rings is 1. The molecular weight excluding hydrogens is 244 g/mol. The Balaban J connectivity index is 1.77. The van der Waals surface area contributed by atoms with Crippen molar-refractivity contribution in [1.29, 1.82) is 0 Å². The lowest BCUT2D eigenvalue weighted by Crippen LogP contribution is -2.38. The van der Waals surface area contributed by atoms with Crippen LogP contribution in [0.1, 0.15) is 16.3 Å². The van der Waals surface area contributed by atoms with E-state index in [2.05, 4.69) is 24.8 Å². The highest BCUT2D eigenvalue weighted by molar-refractivity contribution is 5.92. The van der Waals surface area contributed by atoms with Gasteiger partial charge in [0.2, 0.25) is 0 Å². The summed E-state index contributed by atoms with van der Waals surface area (Å²) in [5.74, 6) is 1.44. The smallest absolute Gasteiger partial charge is 0.274 e. The topological polar surface area (TPSA) is 75.9 Å². The van der Waals surface area contributed by atoms with Gasteiger partial charge in [-0.15, -0.1) is 0 Å². The second-order valence-electron chi connectivity index (χ2n) is 4.30. The average molecular weight is 258 g/mol. The molecule has 0 bridgehead atoms. The Morgan fingerprint density at radius 3 is 2.89 bits per heavy atom. The van der Waals surface area contributed by atoms with Crippen LogP contribution in [0.2, 0.25) is 0 Å². The predicted molar refractivity (Wildman–Crippen MR) is 68.5 cm³/mol. The molecule has 0 aliphatic carbocycles. The van der Waals surface area contributed by atoms with E-state index >= 15 is 0 Å². The number of carbonyl (C=O) groups excluding carboxylic acids is 1. The summed E-state index contributed by atoms with van der Waals surface area (Å²) in [5.41, 5.74) is 0.360. The van der Waals surface area contributed by atoms with Gasteiger partial charge >= 0.3 is 0 Å². The summed E-state index contributed by atoms with van der Waals surface area (Å²) in [4.78, 5) is 26.5. The predicted octanol–water partition coefficient (Wildman–Crippen LogP) is 0.371. The molecule has 1 aliphatic heterocycles. The Morgan fingerprint density at radius 2 is 2.16 bits per heavy atom. The molecule has 7 heteroatoms. The van der Waals surface area contributed by atoms with Crippen LogP contribution in [0.15, 0.2) is 24.8 Å². The number of nitrogens with zero attached hydrogens (tertiary/aromatic N) is 5. The fourth-order valence-electron chi connectivity index (χ4n) is 2.08. The van der Waals surface area contributed by atoms with E-state index in [0.29, 0.717) is 24.6 Å². The first-order chi connectivity index (χ1) is 9.28. The van der Waals surface area contributed by atoms with Crippen LogP contribution in [0.25, 0.3) is 0 Å². The van der Waals surface area contributed by atoms with Crippen molar-refractivity contribution in [3.8, 4) is 0 Å². The van der Waals surface area contributed by atoms with Gasteiger partial charge in [0.25, 0.3) is 5.91 Å². The molecular formula is C12H14N6O. The van der Waals surface area contributed by atoms with Crippen molar-refractivity contribution in [2.24, 2.45) is 0 Å². The van der Waals surface area contributed by atoms with Gasteiger partial charge in [-0.25, -0.2) is 15.0 Å². The lowest BCUT2D eigenvalue weighted by molar-refractivity contribution is 0.0701. The third kappa shape index (κ3) is 2.14. The van der Waals surface area contributed by atoms with Crippen LogP contribution in [0.4, 0.5) is 5.82 Å². The quantitative estimate of drug-likeness (QED) is 0.842. The van der Waals surface area contributed by atoms with E-state index in [0.717, 1.165) is 12.4 Å². The van der Waals surface area contributed by atoms with Gasteiger partial charge in [-0.1, -0.05) is 0 Å². The van der Waals surface area contributed by atoms with Crippen LogP contribution >= 0.6 is 0 Å². The molecule has 0 spiro atoms. The summed E-state index contributed by atoms with van der Waals surface area (Å²) in [6, 6.07) is 0. The summed E-state index contributed by atoms with van der Waals surface area (Å²) >= 11 is 0. The summed E-state index contributed by atoms with van der Waals surface area (Å²) in [6.07, 6.45) is 6.73. The van der Waals surface area contributed by atoms with Crippen LogP contribution in [0.5, 0.6) is 0 Å². The standard InChI is InChI=1S/C12H14N6O/c1-13-10-7-15-9(6-16-10)12(19)18-5-4-17-3-2-14-11(17)8-18/h2-3,6-7H,4-5,8H2,1H3,(H,13,16). The molecule has 0 radical (unpaired) electrons. The summed E-state index contributed by atoms with van der Waals surface area (Å²) < 4.78 is 2.06. The van der Waals surface area contributed by atoms with Crippen LogP contribution in [-0.4, -0.2) is 43.9 Å². The van der Waals surface area contributed by atoms with Crippen LogP contribution in [0, 0.1) is 0 Å². The number of fused-ring (bicyclic) bond motifs is 1. The SMILES string of the molecule is CNc1cnc(C(=O)N2CCn3ccnc3C2)cn1. The Labute approximate surface area is 110 Å². The first-order valence-electron chi connectivity index (χ1n) is 6.07. The normalized spacial score (nSPS) is 14.1. The minimum absolute atomic E-state index is 0.107. The first-order valence-corrected chi connectivity index (χ1v) is 6.07. The zero-order valence-electron chi connectivity index (χ0n) is 10.6. The van der Waals surface area contributed by atoms with Gasteiger partial charge in [-0.2, -0.15) is 0 Å². The summed E-state index contributed by atoms with van der Waals surface area (Å²) in [7, 11) is 1.76. The Kier molecular flexibility index (Phi) is 2.86. The number of aromatic nitrogens is 4. The maximum Gasteiger partial charge on any atom is 0.274 e. The van der Waals surface area contributed by atoms with Gasteiger partial charge in [0.05, 0.1) is 18.9 Å². The molecule has 2 aromatic heterocycles. The Morgan fingerprint density at radius 1 is 1.26 bits per heavy atom. The molecule has 0 fully saturated rings. The molecule has 3 rings (SSSR count). The van der Waals surface area contributed by atoms with Crippen LogP contribution in [0.3, 0.4) is 0 Å². The lowest BCUT2D eigenvalue weighted by atomic mass is 10.3. The van der Waals surface area contributed by atoms with Crippen molar-refractivity contribution in [1.82, 2.24) is 24.4 Å². The first kappa shape index (κ1) is 11.6. The highest BCUT2D eigenvalue weighted by Crippen LogP contribution is 2.13. The van der Waals surface area contributed by atoms with E-state index in [4.69, 9.17) is 0 Å². The molecule has 0 atom stereocenters. The van der Waals surface area contributed by atoms with Crippen LogP contribution < -0.4 is 5.32 Å². The second kappa shape index (κ2) is 4.68. The van der Waals surface area contributed by atoms with Gasteiger partial charge in [0.1, 0.15) is 17.3 Å². The van der Waals surface area contributed by atoms with Gasteiger partial charge in [0.15, 0.2) is 0 Å². The van der Waals surface area contributed by atoms with Crippen molar-refractivity contribution < 1.29 is 4.79 Å². The van der Waals surface area contributed by atoms with Crippen LogP contribution in [-0.2, 0) is 13.1 Å². The molecule has 1 amide bonds. The van der Waals surface area contributed by atoms with Crippen molar-refractivity contribution in [3.63, 3.8) is 0 Å². The molecule has 0 unspecified atom stereocenters. The largest absolute Gasteiger partial charge is 0.372 e. The number of nitrogens with one attached hydrogen (secondary N) is 1.